The van der Waals surface area contributed by atoms with E-state index in [4.69, 9.17) is 18.9 Å². The van der Waals surface area contributed by atoms with Crippen molar-refractivity contribution in [3.05, 3.63) is 36.7 Å². The van der Waals surface area contributed by atoms with Crippen molar-refractivity contribution in [3.8, 4) is 23.0 Å². The number of nitrogens with one attached hydrogen (secondary N) is 1. The molecule has 7 heteroatoms. The van der Waals surface area contributed by atoms with Crippen LogP contribution in [0.15, 0.2) is 36.7 Å². The fourth-order valence-corrected chi connectivity index (χ4v) is 2.75. The molecule has 0 fully saturated rings. The van der Waals surface area contributed by atoms with Crippen molar-refractivity contribution in [2.45, 2.75) is 13.8 Å². The Morgan fingerprint density at radius 1 is 0.815 bits per heavy atom. The lowest BCUT2D eigenvalue weighted by Crippen LogP contribution is -2.01. The molecular formula is C20H23N3O4. The maximum atomic E-state index is 5.69. The number of rotatable bonds is 8. The first kappa shape index (κ1) is 18.6. The molecule has 3 aromatic rings. The predicted molar refractivity (Wildman–Crippen MR) is 105 cm³/mol. The summed E-state index contributed by atoms with van der Waals surface area (Å²) in [6, 6.07) is 9.37. The van der Waals surface area contributed by atoms with Gasteiger partial charge in [-0.2, -0.15) is 0 Å². The van der Waals surface area contributed by atoms with Crippen LogP contribution in [0.3, 0.4) is 0 Å². The fourth-order valence-electron chi connectivity index (χ4n) is 2.75. The molecule has 0 amide bonds. The monoisotopic (exact) mass is 369 g/mol. The number of methoxy groups -OCH3 is 2. The molecule has 7 nitrogen and oxygen atoms in total. The lowest BCUT2D eigenvalue weighted by molar-refractivity contribution is 0.288. The van der Waals surface area contributed by atoms with Crippen molar-refractivity contribution >= 4 is 22.4 Å². The highest BCUT2D eigenvalue weighted by atomic mass is 16.5. The number of anilines is 2. The molecule has 3 rings (SSSR count). The lowest BCUT2D eigenvalue weighted by atomic mass is 10.2. The summed E-state index contributed by atoms with van der Waals surface area (Å²) in [6.45, 7) is 5.01. The van der Waals surface area contributed by atoms with Gasteiger partial charge in [0.15, 0.2) is 23.0 Å². The minimum Gasteiger partial charge on any atom is -0.493 e. The zero-order valence-electron chi connectivity index (χ0n) is 15.9. The third-order valence-electron chi connectivity index (χ3n) is 3.95. The summed E-state index contributed by atoms with van der Waals surface area (Å²) in [7, 11) is 3.20. The van der Waals surface area contributed by atoms with Gasteiger partial charge in [-0.1, -0.05) is 0 Å². The Hall–Kier alpha value is -3.22. The first-order valence-electron chi connectivity index (χ1n) is 8.73. The average Bonchev–Trinajstić information content (AvgIpc) is 2.69. The van der Waals surface area contributed by atoms with Gasteiger partial charge in [-0.05, 0) is 32.0 Å². The number of fused-ring (bicyclic) bond motifs is 1. The van der Waals surface area contributed by atoms with Crippen molar-refractivity contribution in [1.29, 1.82) is 0 Å². The molecule has 0 spiro atoms. The Labute approximate surface area is 158 Å². The van der Waals surface area contributed by atoms with Gasteiger partial charge in [-0.15, -0.1) is 0 Å². The van der Waals surface area contributed by atoms with E-state index in [9.17, 15) is 0 Å². The van der Waals surface area contributed by atoms with Gasteiger partial charge < -0.3 is 24.3 Å². The largest absolute Gasteiger partial charge is 0.493 e. The number of aromatic nitrogens is 2. The lowest BCUT2D eigenvalue weighted by Gasteiger charge is -2.14. The molecule has 0 aliphatic heterocycles. The summed E-state index contributed by atoms with van der Waals surface area (Å²) in [6.07, 6.45) is 1.51. The molecule has 0 atom stereocenters. The molecule has 27 heavy (non-hydrogen) atoms. The van der Waals surface area contributed by atoms with Gasteiger partial charge in [0.1, 0.15) is 12.1 Å². The van der Waals surface area contributed by atoms with Crippen LogP contribution in [0.5, 0.6) is 23.0 Å². The van der Waals surface area contributed by atoms with Gasteiger partial charge in [-0.3, -0.25) is 0 Å². The van der Waals surface area contributed by atoms with Crippen molar-refractivity contribution in [3.63, 3.8) is 0 Å². The van der Waals surface area contributed by atoms with Crippen LogP contribution < -0.4 is 24.3 Å². The third-order valence-corrected chi connectivity index (χ3v) is 3.95. The van der Waals surface area contributed by atoms with Crippen molar-refractivity contribution in [2.75, 3.05) is 32.8 Å². The molecule has 0 unspecified atom stereocenters. The van der Waals surface area contributed by atoms with Crippen LogP contribution in [0.2, 0.25) is 0 Å². The van der Waals surface area contributed by atoms with E-state index >= 15 is 0 Å². The molecule has 0 saturated heterocycles. The van der Waals surface area contributed by atoms with E-state index in [0.717, 1.165) is 16.6 Å². The number of ether oxygens (including phenoxy) is 4. The zero-order chi connectivity index (χ0) is 19.2. The second-order valence-corrected chi connectivity index (χ2v) is 5.60. The number of benzene rings is 2. The van der Waals surface area contributed by atoms with E-state index in [1.807, 2.05) is 44.2 Å². The summed E-state index contributed by atoms with van der Waals surface area (Å²) in [5, 5.41) is 4.14. The molecule has 0 radical (unpaired) electrons. The summed E-state index contributed by atoms with van der Waals surface area (Å²) in [5.74, 6) is 3.29. The average molecular weight is 369 g/mol. The highest BCUT2D eigenvalue weighted by molar-refractivity contribution is 5.93. The van der Waals surface area contributed by atoms with Gasteiger partial charge in [0.25, 0.3) is 0 Å². The Bertz CT molecular complexity index is 930. The molecule has 0 aliphatic rings. The highest BCUT2D eigenvalue weighted by Crippen LogP contribution is 2.36. The molecule has 1 heterocycles. The second-order valence-electron chi connectivity index (χ2n) is 5.60. The zero-order valence-corrected chi connectivity index (χ0v) is 15.9. The summed E-state index contributed by atoms with van der Waals surface area (Å²) >= 11 is 0. The molecular weight excluding hydrogens is 346 g/mol. The highest BCUT2D eigenvalue weighted by Gasteiger charge is 2.12. The Morgan fingerprint density at radius 3 is 2.22 bits per heavy atom. The van der Waals surface area contributed by atoms with Crippen molar-refractivity contribution in [2.24, 2.45) is 0 Å². The van der Waals surface area contributed by atoms with Crippen molar-refractivity contribution < 1.29 is 18.9 Å². The smallest absolute Gasteiger partial charge is 0.163 e. The van der Waals surface area contributed by atoms with Crippen LogP contribution in [0.4, 0.5) is 11.5 Å². The van der Waals surface area contributed by atoms with E-state index in [0.29, 0.717) is 42.0 Å². The van der Waals surface area contributed by atoms with E-state index in [-0.39, 0.29) is 0 Å². The minimum absolute atomic E-state index is 0.553. The van der Waals surface area contributed by atoms with Crippen LogP contribution in [-0.2, 0) is 0 Å². The van der Waals surface area contributed by atoms with Crippen LogP contribution in [0.25, 0.3) is 10.9 Å². The van der Waals surface area contributed by atoms with Crippen LogP contribution in [-0.4, -0.2) is 37.4 Å². The Morgan fingerprint density at radius 2 is 1.52 bits per heavy atom. The molecule has 2 aromatic carbocycles. The normalized spacial score (nSPS) is 10.5. The Balaban J connectivity index is 2.00. The molecule has 1 aromatic heterocycles. The van der Waals surface area contributed by atoms with Crippen molar-refractivity contribution in [1.82, 2.24) is 9.97 Å². The van der Waals surface area contributed by atoms with Crippen LogP contribution >= 0.6 is 0 Å². The van der Waals surface area contributed by atoms with E-state index in [1.54, 1.807) is 14.2 Å². The molecule has 0 aliphatic carbocycles. The van der Waals surface area contributed by atoms with E-state index in [2.05, 4.69) is 15.3 Å². The van der Waals surface area contributed by atoms with Gasteiger partial charge >= 0.3 is 0 Å². The number of nitrogens with zero attached hydrogens (tertiary/aromatic N) is 2. The van der Waals surface area contributed by atoms with Gasteiger partial charge in [-0.25, -0.2) is 9.97 Å². The second kappa shape index (κ2) is 8.44. The van der Waals surface area contributed by atoms with E-state index < -0.39 is 0 Å². The Kier molecular flexibility index (Phi) is 5.80. The predicted octanol–water partition coefficient (Wildman–Crippen LogP) is 4.19. The van der Waals surface area contributed by atoms with E-state index in [1.165, 1.54) is 6.33 Å². The summed E-state index contributed by atoms with van der Waals surface area (Å²) < 4.78 is 22.0. The summed E-state index contributed by atoms with van der Waals surface area (Å²) in [4.78, 5) is 8.70. The topological polar surface area (TPSA) is 74.7 Å². The van der Waals surface area contributed by atoms with Gasteiger partial charge in [0.2, 0.25) is 0 Å². The van der Waals surface area contributed by atoms with Gasteiger partial charge in [0, 0.05) is 23.2 Å². The standard InChI is InChI=1S/C20H23N3O4/c1-5-26-16-8-7-13(9-19(16)27-6-2)23-20-14-10-17(24-3)18(25-4)11-15(14)21-12-22-20/h7-12H,5-6H2,1-4H3,(H,21,22,23). The fraction of sp³-hybridized carbons (Fsp3) is 0.300. The first-order valence-corrected chi connectivity index (χ1v) is 8.73. The third kappa shape index (κ3) is 3.97. The summed E-state index contributed by atoms with van der Waals surface area (Å²) in [5.41, 5.74) is 1.58. The maximum absolute atomic E-state index is 5.69. The minimum atomic E-state index is 0.553. The molecule has 142 valence electrons. The van der Waals surface area contributed by atoms with Gasteiger partial charge in [0.05, 0.1) is 33.0 Å². The maximum Gasteiger partial charge on any atom is 0.163 e. The van der Waals surface area contributed by atoms with Crippen LogP contribution in [0.1, 0.15) is 13.8 Å². The SMILES string of the molecule is CCOc1ccc(Nc2ncnc3cc(OC)c(OC)cc23)cc1OCC. The first-order chi connectivity index (χ1) is 13.2. The quantitative estimate of drug-likeness (QED) is 0.638. The van der Waals surface area contributed by atoms with Crippen LogP contribution in [0, 0.1) is 0 Å². The number of hydrogen-bond acceptors (Lipinski definition) is 7. The molecule has 1 N–H and O–H groups in total. The molecule has 0 saturated carbocycles. The number of hydrogen-bond donors (Lipinski definition) is 1. The molecule has 0 bridgehead atoms.